The zero-order valence-electron chi connectivity index (χ0n) is 8.78. The third-order valence-electron chi connectivity index (χ3n) is 4.19. The van der Waals surface area contributed by atoms with Gasteiger partial charge in [0.25, 0.3) is 0 Å². The molecule has 68 valence electrons. The van der Waals surface area contributed by atoms with Crippen molar-refractivity contribution >= 4 is 0 Å². The van der Waals surface area contributed by atoms with Crippen molar-refractivity contribution in [1.29, 1.82) is 0 Å². The molecule has 0 aromatic heterocycles. The van der Waals surface area contributed by atoms with Gasteiger partial charge in [0.1, 0.15) is 0 Å². The summed E-state index contributed by atoms with van der Waals surface area (Å²) in [6.45, 7) is 9.50. The lowest BCUT2D eigenvalue weighted by Crippen LogP contribution is -2.29. The summed E-state index contributed by atoms with van der Waals surface area (Å²) in [6.07, 6.45) is 6.88. The molecule has 0 spiro atoms. The van der Waals surface area contributed by atoms with Crippen LogP contribution in [0.4, 0.5) is 0 Å². The van der Waals surface area contributed by atoms with Crippen molar-refractivity contribution in [2.75, 3.05) is 0 Å². The van der Waals surface area contributed by atoms with Crippen molar-refractivity contribution in [3.05, 3.63) is 11.6 Å². The maximum Gasteiger partial charge on any atom is -0.00612 e. The maximum atomic E-state index is 2.57. The molecule has 2 atom stereocenters. The SMILES string of the molecule is CC1=CC2(C(C)(C)C)CCC1C2. The summed E-state index contributed by atoms with van der Waals surface area (Å²) in [6, 6.07) is 0. The van der Waals surface area contributed by atoms with Crippen molar-refractivity contribution in [2.24, 2.45) is 16.7 Å². The van der Waals surface area contributed by atoms with Crippen LogP contribution in [0.15, 0.2) is 11.6 Å². The van der Waals surface area contributed by atoms with Crippen LogP contribution < -0.4 is 0 Å². The van der Waals surface area contributed by atoms with Crippen LogP contribution in [0.1, 0.15) is 47.0 Å². The Balaban J connectivity index is 2.36. The Labute approximate surface area is 76.1 Å². The zero-order valence-corrected chi connectivity index (χ0v) is 8.78. The summed E-state index contributed by atoms with van der Waals surface area (Å²) in [5, 5.41) is 0. The fraction of sp³-hybridized carbons (Fsp3) is 0.833. The van der Waals surface area contributed by atoms with Crippen LogP contribution >= 0.6 is 0 Å². The van der Waals surface area contributed by atoms with E-state index < -0.39 is 0 Å². The Kier molecular flexibility index (Phi) is 1.50. The van der Waals surface area contributed by atoms with Crippen molar-refractivity contribution in [3.63, 3.8) is 0 Å². The molecular weight excluding hydrogens is 144 g/mol. The van der Waals surface area contributed by atoms with E-state index in [4.69, 9.17) is 0 Å². The van der Waals surface area contributed by atoms with Crippen LogP contribution in [0, 0.1) is 16.7 Å². The van der Waals surface area contributed by atoms with Crippen molar-refractivity contribution < 1.29 is 0 Å². The van der Waals surface area contributed by atoms with E-state index in [0.717, 1.165) is 5.92 Å². The van der Waals surface area contributed by atoms with Gasteiger partial charge in [-0.1, -0.05) is 32.4 Å². The molecule has 0 aliphatic heterocycles. The molecule has 0 radical (unpaired) electrons. The molecule has 0 N–H and O–H groups in total. The standard InChI is InChI=1S/C12H20/c1-9-7-12(11(2,3)4)6-5-10(9)8-12/h7,10H,5-6,8H2,1-4H3. The predicted molar refractivity (Wildman–Crippen MR) is 53.0 cm³/mol. The maximum absolute atomic E-state index is 2.57. The first-order chi connectivity index (χ1) is 5.45. The third-order valence-corrected chi connectivity index (χ3v) is 4.19. The summed E-state index contributed by atoms with van der Waals surface area (Å²) < 4.78 is 0. The van der Waals surface area contributed by atoms with Gasteiger partial charge in [0, 0.05) is 0 Å². The molecule has 2 aliphatic rings. The third kappa shape index (κ3) is 0.901. The van der Waals surface area contributed by atoms with Crippen molar-refractivity contribution in [3.8, 4) is 0 Å². The Morgan fingerprint density at radius 1 is 1.42 bits per heavy atom. The van der Waals surface area contributed by atoms with Gasteiger partial charge in [-0.2, -0.15) is 0 Å². The molecule has 0 aromatic rings. The number of hydrogen-bond donors (Lipinski definition) is 0. The Hall–Kier alpha value is -0.260. The average Bonchev–Trinajstić information content (AvgIpc) is 2.42. The minimum absolute atomic E-state index is 0.472. The summed E-state index contributed by atoms with van der Waals surface area (Å²) in [5.74, 6) is 0.934. The van der Waals surface area contributed by atoms with Crippen molar-refractivity contribution in [2.45, 2.75) is 47.0 Å². The molecule has 2 bridgehead atoms. The molecule has 1 saturated carbocycles. The molecule has 0 heteroatoms. The topological polar surface area (TPSA) is 0 Å². The van der Waals surface area contributed by atoms with E-state index in [1.807, 2.05) is 0 Å². The van der Waals surface area contributed by atoms with Gasteiger partial charge >= 0.3 is 0 Å². The van der Waals surface area contributed by atoms with Crippen LogP contribution in [0.3, 0.4) is 0 Å². The van der Waals surface area contributed by atoms with Crippen LogP contribution in [0.25, 0.3) is 0 Å². The predicted octanol–water partition coefficient (Wildman–Crippen LogP) is 3.78. The van der Waals surface area contributed by atoms with Crippen LogP contribution in [0.2, 0.25) is 0 Å². The van der Waals surface area contributed by atoms with E-state index in [1.54, 1.807) is 5.57 Å². The van der Waals surface area contributed by atoms with E-state index in [0.29, 0.717) is 10.8 Å². The summed E-state index contributed by atoms with van der Waals surface area (Å²) in [5.41, 5.74) is 2.69. The smallest absolute Gasteiger partial charge is 0.00612 e. The molecule has 1 fully saturated rings. The highest BCUT2D eigenvalue weighted by Gasteiger charge is 2.49. The number of rotatable bonds is 0. The van der Waals surface area contributed by atoms with Crippen LogP contribution in [-0.4, -0.2) is 0 Å². The zero-order chi connectivity index (χ0) is 8.98. The van der Waals surface area contributed by atoms with Gasteiger partial charge in [-0.3, -0.25) is 0 Å². The molecule has 0 aromatic carbocycles. The highest BCUT2D eigenvalue weighted by Crippen LogP contribution is 2.60. The lowest BCUT2D eigenvalue weighted by molar-refractivity contribution is 0.157. The van der Waals surface area contributed by atoms with E-state index in [9.17, 15) is 0 Å². The summed E-state index contributed by atoms with van der Waals surface area (Å²) in [7, 11) is 0. The second-order valence-electron chi connectivity index (χ2n) is 5.73. The Morgan fingerprint density at radius 2 is 2.08 bits per heavy atom. The first-order valence-electron chi connectivity index (χ1n) is 5.14. The van der Waals surface area contributed by atoms with Gasteiger partial charge in [-0.15, -0.1) is 0 Å². The van der Waals surface area contributed by atoms with E-state index >= 15 is 0 Å². The Morgan fingerprint density at radius 3 is 2.33 bits per heavy atom. The fourth-order valence-electron chi connectivity index (χ4n) is 3.05. The number of fused-ring (bicyclic) bond motifs is 2. The minimum atomic E-state index is 0.472. The fourth-order valence-corrected chi connectivity index (χ4v) is 3.05. The van der Waals surface area contributed by atoms with Gasteiger partial charge in [0.05, 0.1) is 0 Å². The largest absolute Gasteiger partial charge is 0.0786 e. The second-order valence-corrected chi connectivity index (χ2v) is 5.73. The van der Waals surface area contributed by atoms with Crippen LogP contribution in [0.5, 0.6) is 0 Å². The van der Waals surface area contributed by atoms with Crippen LogP contribution in [-0.2, 0) is 0 Å². The van der Waals surface area contributed by atoms with Gasteiger partial charge in [-0.05, 0) is 42.9 Å². The molecular formula is C12H20. The number of allylic oxidation sites excluding steroid dienone is 2. The normalized spacial score (nSPS) is 40.3. The Bertz CT molecular complexity index is 229. The lowest BCUT2D eigenvalue weighted by atomic mass is 9.66. The molecule has 0 amide bonds. The molecule has 12 heavy (non-hydrogen) atoms. The van der Waals surface area contributed by atoms with E-state index in [1.165, 1.54) is 19.3 Å². The molecule has 0 nitrogen and oxygen atoms in total. The highest BCUT2D eigenvalue weighted by molar-refractivity contribution is 5.25. The molecule has 2 aliphatic carbocycles. The van der Waals surface area contributed by atoms with E-state index in [-0.39, 0.29) is 0 Å². The minimum Gasteiger partial charge on any atom is -0.0786 e. The summed E-state index contributed by atoms with van der Waals surface area (Å²) in [4.78, 5) is 0. The van der Waals surface area contributed by atoms with Crippen molar-refractivity contribution in [1.82, 2.24) is 0 Å². The number of hydrogen-bond acceptors (Lipinski definition) is 0. The monoisotopic (exact) mass is 164 g/mol. The second kappa shape index (κ2) is 2.16. The first-order valence-corrected chi connectivity index (χ1v) is 5.14. The quantitative estimate of drug-likeness (QED) is 0.478. The van der Waals surface area contributed by atoms with Gasteiger partial charge in [0.2, 0.25) is 0 Å². The van der Waals surface area contributed by atoms with Gasteiger partial charge < -0.3 is 0 Å². The summed E-state index contributed by atoms with van der Waals surface area (Å²) >= 11 is 0. The molecule has 0 heterocycles. The first kappa shape index (κ1) is 8.34. The van der Waals surface area contributed by atoms with Gasteiger partial charge in [-0.25, -0.2) is 0 Å². The van der Waals surface area contributed by atoms with Gasteiger partial charge in [0.15, 0.2) is 0 Å². The molecule has 0 saturated heterocycles. The molecule has 2 unspecified atom stereocenters. The van der Waals surface area contributed by atoms with E-state index in [2.05, 4.69) is 33.8 Å². The lowest BCUT2D eigenvalue weighted by Gasteiger charge is -2.38. The highest BCUT2D eigenvalue weighted by atomic mass is 14.5. The average molecular weight is 164 g/mol. The molecule has 2 rings (SSSR count).